The minimum atomic E-state index is -0.721. The fraction of sp³-hybridized carbons (Fsp3) is 0.194. The molecule has 0 bridgehead atoms. The number of pyridine rings is 1. The van der Waals surface area contributed by atoms with E-state index in [4.69, 9.17) is 16.3 Å². The lowest BCUT2D eigenvalue weighted by molar-refractivity contribution is -0.140. The van der Waals surface area contributed by atoms with Gasteiger partial charge in [-0.05, 0) is 58.7 Å². The Labute approximate surface area is 228 Å². The summed E-state index contributed by atoms with van der Waals surface area (Å²) in [5, 5.41) is 3.64. The van der Waals surface area contributed by atoms with Crippen LogP contribution in [0.2, 0.25) is 5.02 Å². The van der Waals surface area contributed by atoms with Crippen molar-refractivity contribution in [2.45, 2.75) is 32.0 Å². The molecule has 1 aromatic heterocycles. The van der Waals surface area contributed by atoms with E-state index in [1.54, 1.807) is 36.5 Å². The van der Waals surface area contributed by atoms with Crippen LogP contribution in [0.3, 0.4) is 0 Å². The van der Waals surface area contributed by atoms with E-state index in [2.05, 4.69) is 10.3 Å². The first-order chi connectivity index (χ1) is 18.5. The first kappa shape index (κ1) is 26.9. The molecule has 4 rings (SSSR count). The van der Waals surface area contributed by atoms with Crippen molar-refractivity contribution >= 4 is 23.4 Å². The number of aromatic nitrogens is 1. The van der Waals surface area contributed by atoms with E-state index >= 15 is 0 Å². The van der Waals surface area contributed by atoms with E-state index in [0.717, 1.165) is 28.0 Å². The van der Waals surface area contributed by atoms with Crippen molar-refractivity contribution in [3.63, 3.8) is 0 Å². The highest BCUT2D eigenvalue weighted by Gasteiger charge is 2.30. The van der Waals surface area contributed by atoms with Crippen molar-refractivity contribution in [3.05, 3.63) is 131 Å². The second-order valence-electron chi connectivity index (χ2n) is 8.95. The van der Waals surface area contributed by atoms with Crippen LogP contribution in [0.4, 0.5) is 0 Å². The average molecular weight is 528 g/mol. The molecule has 0 aliphatic heterocycles. The van der Waals surface area contributed by atoms with Gasteiger partial charge < -0.3 is 15.0 Å². The highest BCUT2D eigenvalue weighted by Crippen LogP contribution is 2.19. The molecule has 0 aliphatic carbocycles. The molecule has 38 heavy (non-hydrogen) atoms. The summed E-state index contributed by atoms with van der Waals surface area (Å²) in [6.45, 7) is 0.616. The van der Waals surface area contributed by atoms with Crippen LogP contribution in [0.15, 0.2) is 103 Å². The van der Waals surface area contributed by atoms with Gasteiger partial charge in [0.2, 0.25) is 11.8 Å². The number of carbonyl (C=O) groups is 2. The molecule has 0 saturated heterocycles. The smallest absolute Gasteiger partial charge is 0.243 e. The summed E-state index contributed by atoms with van der Waals surface area (Å²) in [5.41, 5.74) is 3.63. The molecule has 0 spiro atoms. The van der Waals surface area contributed by atoms with Crippen molar-refractivity contribution in [1.82, 2.24) is 15.2 Å². The van der Waals surface area contributed by atoms with Gasteiger partial charge in [-0.15, -0.1) is 0 Å². The van der Waals surface area contributed by atoms with Crippen LogP contribution in [-0.2, 0) is 35.5 Å². The summed E-state index contributed by atoms with van der Waals surface area (Å²) in [6.07, 6.45) is 3.91. The Hall–Kier alpha value is -4.16. The number of benzene rings is 3. The summed E-state index contributed by atoms with van der Waals surface area (Å²) < 4.78 is 5.29. The van der Waals surface area contributed by atoms with Crippen molar-refractivity contribution in [1.29, 1.82) is 0 Å². The number of methoxy groups -OCH3 is 1. The molecule has 7 heteroatoms. The Morgan fingerprint density at radius 2 is 1.50 bits per heavy atom. The molecule has 1 atom stereocenters. The minimum absolute atomic E-state index is 0.149. The van der Waals surface area contributed by atoms with Gasteiger partial charge in [-0.1, -0.05) is 66.2 Å². The van der Waals surface area contributed by atoms with Crippen LogP contribution < -0.4 is 10.1 Å². The second kappa shape index (κ2) is 13.4. The molecule has 0 unspecified atom stereocenters. The Balaban J connectivity index is 1.64. The maximum atomic E-state index is 13.8. The summed E-state index contributed by atoms with van der Waals surface area (Å²) in [7, 11) is 1.61. The molecule has 0 radical (unpaired) electrons. The zero-order valence-electron chi connectivity index (χ0n) is 21.2. The quantitative estimate of drug-likeness (QED) is 0.289. The number of hydrogen-bond acceptors (Lipinski definition) is 4. The zero-order chi connectivity index (χ0) is 26.7. The number of halogens is 1. The SMILES string of the molecule is COc1ccc(CN(C(=O)Cc2ccc(Cl)cc2)[C@H](Cc2ccccc2)C(=O)NCc2ccncc2)cc1. The standard InChI is InChI=1S/C31H30ClN3O3/c1-38-28-13-9-26(10-14-28)22-35(30(36)20-24-7-11-27(32)12-8-24)29(19-23-5-3-2-4-6-23)31(37)34-21-25-15-17-33-18-16-25/h2-18,29H,19-22H2,1H3,(H,34,37)/t29-/m1/s1. The molecular formula is C31H30ClN3O3. The van der Waals surface area contributed by atoms with Gasteiger partial charge >= 0.3 is 0 Å². The lowest BCUT2D eigenvalue weighted by Crippen LogP contribution is -2.50. The molecule has 2 amide bonds. The molecule has 4 aromatic rings. The molecule has 6 nitrogen and oxygen atoms in total. The van der Waals surface area contributed by atoms with Crippen molar-refractivity contribution in [2.24, 2.45) is 0 Å². The third kappa shape index (κ3) is 7.67. The van der Waals surface area contributed by atoms with Gasteiger partial charge in [0, 0.05) is 36.9 Å². The first-order valence-electron chi connectivity index (χ1n) is 12.4. The summed E-state index contributed by atoms with van der Waals surface area (Å²) >= 11 is 6.05. The van der Waals surface area contributed by atoms with Crippen LogP contribution >= 0.6 is 11.6 Å². The van der Waals surface area contributed by atoms with Crippen molar-refractivity contribution < 1.29 is 14.3 Å². The minimum Gasteiger partial charge on any atom is -0.497 e. The van der Waals surface area contributed by atoms with E-state index in [0.29, 0.717) is 18.0 Å². The van der Waals surface area contributed by atoms with Gasteiger partial charge in [-0.3, -0.25) is 14.6 Å². The molecule has 3 aromatic carbocycles. The number of nitrogens with zero attached hydrogens (tertiary/aromatic N) is 2. The zero-order valence-corrected chi connectivity index (χ0v) is 22.0. The third-order valence-corrected chi connectivity index (χ3v) is 6.52. The van der Waals surface area contributed by atoms with Gasteiger partial charge in [0.05, 0.1) is 13.5 Å². The van der Waals surface area contributed by atoms with Crippen LogP contribution in [0, 0.1) is 0 Å². The van der Waals surface area contributed by atoms with Crippen LogP contribution in [0.25, 0.3) is 0 Å². The number of nitrogens with one attached hydrogen (secondary N) is 1. The predicted molar refractivity (Wildman–Crippen MR) is 149 cm³/mol. The summed E-state index contributed by atoms with van der Waals surface area (Å²) in [5.74, 6) is 0.357. The fourth-order valence-corrected chi connectivity index (χ4v) is 4.29. The van der Waals surface area contributed by atoms with Crippen LogP contribution in [-0.4, -0.2) is 34.8 Å². The van der Waals surface area contributed by atoms with Gasteiger partial charge in [0.25, 0.3) is 0 Å². The summed E-state index contributed by atoms with van der Waals surface area (Å²) in [6, 6.07) is 27.5. The largest absolute Gasteiger partial charge is 0.497 e. The number of rotatable bonds is 11. The molecule has 0 aliphatic rings. The van der Waals surface area contributed by atoms with Crippen molar-refractivity contribution in [3.8, 4) is 5.75 Å². The number of hydrogen-bond donors (Lipinski definition) is 1. The lowest BCUT2D eigenvalue weighted by atomic mass is 10.0. The lowest BCUT2D eigenvalue weighted by Gasteiger charge is -2.32. The van der Waals surface area contributed by atoms with E-state index in [-0.39, 0.29) is 24.8 Å². The Morgan fingerprint density at radius 3 is 2.16 bits per heavy atom. The Morgan fingerprint density at radius 1 is 0.842 bits per heavy atom. The number of carbonyl (C=O) groups excluding carboxylic acids is 2. The van der Waals surface area contributed by atoms with Crippen LogP contribution in [0.1, 0.15) is 22.3 Å². The van der Waals surface area contributed by atoms with Gasteiger partial charge in [-0.25, -0.2) is 0 Å². The average Bonchev–Trinajstić information content (AvgIpc) is 2.96. The second-order valence-corrected chi connectivity index (χ2v) is 9.39. The monoisotopic (exact) mass is 527 g/mol. The Bertz CT molecular complexity index is 1310. The normalized spacial score (nSPS) is 11.4. The van der Waals surface area contributed by atoms with Gasteiger partial charge in [0.15, 0.2) is 0 Å². The van der Waals surface area contributed by atoms with Crippen LogP contribution in [0.5, 0.6) is 5.75 Å². The maximum absolute atomic E-state index is 13.8. The van der Waals surface area contributed by atoms with E-state index in [1.807, 2.05) is 78.9 Å². The molecule has 1 N–H and O–H groups in total. The molecule has 194 valence electrons. The van der Waals surface area contributed by atoms with E-state index < -0.39 is 6.04 Å². The number of ether oxygens (including phenoxy) is 1. The van der Waals surface area contributed by atoms with Gasteiger partial charge in [-0.2, -0.15) is 0 Å². The van der Waals surface area contributed by atoms with E-state index in [9.17, 15) is 9.59 Å². The Kier molecular flexibility index (Phi) is 9.48. The third-order valence-electron chi connectivity index (χ3n) is 6.27. The highest BCUT2D eigenvalue weighted by molar-refractivity contribution is 6.30. The summed E-state index contributed by atoms with van der Waals surface area (Å²) in [4.78, 5) is 33.2. The molecule has 0 saturated carbocycles. The van der Waals surface area contributed by atoms with E-state index in [1.165, 1.54) is 0 Å². The fourth-order valence-electron chi connectivity index (χ4n) is 4.17. The van der Waals surface area contributed by atoms with Gasteiger partial charge in [0.1, 0.15) is 11.8 Å². The molecule has 1 heterocycles. The highest BCUT2D eigenvalue weighted by atomic mass is 35.5. The number of amides is 2. The molecule has 0 fully saturated rings. The topological polar surface area (TPSA) is 71.5 Å². The first-order valence-corrected chi connectivity index (χ1v) is 12.8. The predicted octanol–water partition coefficient (Wildman–Crippen LogP) is 5.24. The van der Waals surface area contributed by atoms with Crippen molar-refractivity contribution in [2.75, 3.05) is 7.11 Å². The maximum Gasteiger partial charge on any atom is 0.243 e. The molecular weight excluding hydrogens is 498 g/mol.